The minimum absolute atomic E-state index is 0.0139. The van der Waals surface area contributed by atoms with Crippen molar-refractivity contribution in [3.8, 4) is 11.5 Å². The highest BCUT2D eigenvalue weighted by Crippen LogP contribution is 2.24. The van der Waals surface area contributed by atoms with Gasteiger partial charge in [0.15, 0.2) is 11.4 Å². The zero-order valence-corrected chi connectivity index (χ0v) is 25.8. The van der Waals surface area contributed by atoms with Gasteiger partial charge >= 0.3 is 0 Å². The van der Waals surface area contributed by atoms with Gasteiger partial charge in [-0.25, -0.2) is 4.39 Å². The molecule has 1 aliphatic rings. The molecule has 1 aliphatic heterocycles. The van der Waals surface area contributed by atoms with Crippen LogP contribution < -0.4 is 25.2 Å². The predicted molar refractivity (Wildman–Crippen MR) is 173 cm³/mol. The van der Waals surface area contributed by atoms with E-state index in [4.69, 9.17) is 9.47 Å². The van der Waals surface area contributed by atoms with Gasteiger partial charge in [-0.15, -0.1) is 13.2 Å². The number of allylic oxidation sites excluding steroid dienone is 1. The first-order chi connectivity index (χ1) is 21.8. The lowest BCUT2D eigenvalue weighted by Gasteiger charge is -2.38. The molecule has 2 amide bonds. The number of hydrogen-bond donors (Lipinski definition) is 1. The van der Waals surface area contributed by atoms with Crippen LogP contribution >= 0.6 is 0 Å². The predicted octanol–water partition coefficient (Wildman–Crippen LogP) is 5.57. The Kier molecular flexibility index (Phi) is 12.0. The minimum atomic E-state index is -0.690. The van der Waals surface area contributed by atoms with E-state index < -0.39 is 17.2 Å². The highest BCUT2D eigenvalue weighted by atomic mass is 19.1. The van der Waals surface area contributed by atoms with E-state index in [9.17, 15) is 18.8 Å². The zero-order chi connectivity index (χ0) is 32.2. The average Bonchev–Trinajstić information content (AvgIpc) is 3.04. The van der Waals surface area contributed by atoms with Crippen molar-refractivity contribution in [1.82, 2.24) is 14.9 Å². The molecule has 9 nitrogen and oxygen atoms in total. The van der Waals surface area contributed by atoms with E-state index in [0.717, 1.165) is 37.7 Å². The Morgan fingerprint density at radius 3 is 2.51 bits per heavy atom. The Hall–Kier alpha value is -4.86. The van der Waals surface area contributed by atoms with Gasteiger partial charge in [-0.3, -0.25) is 24.1 Å². The van der Waals surface area contributed by atoms with E-state index >= 15 is 0 Å². The van der Waals surface area contributed by atoms with E-state index in [1.165, 1.54) is 29.3 Å². The lowest BCUT2D eigenvalue weighted by Crippen LogP contribution is -2.53. The molecule has 0 spiro atoms. The van der Waals surface area contributed by atoms with Gasteiger partial charge < -0.3 is 19.7 Å². The van der Waals surface area contributed by atoms with Gasteiger partial charge in [-0.1, -0.05) is 61.4 Å². The van der Waals surface area contributed by atoms with Crippen LogP contribution in [0, 0.1) is 5.82 Å². The number of pyridine rings is 1. The number of amides is 2. The molecule has 0 saturated carbocycles. The molecule has 45 heavy (non-hydrogen) atoms. The maximum Gasteiger partial charge on any atom is 0.277 e. The number of fused-ring (bicyclic) bond motifs is 1. The third kappa shape index (κ3) is 8.62. The number of rotatable bonds is 17. The van der Waals surface area contributed by atoms with Gasteiger partial charge in [-0.05, 0) is 37.3 Å². The summed E-state index contributed by atoms with van der Waals surface area (Å²) in [6.45, 7) is 8.64. The quantitative estimate of drug-likeness (QED) is 0.158. The zero-order valence-electron chi connectivity index (χ0n) is 25.8. The van der Waals surface area contributed by atoms with Crippen LogP contribution in [0.15, 0.2) is 84.8 Å². The largest absolute Gasteiger partial charge is 0.493 e. The van der Waals surface area contributed by atoms with Crippen molar-refractivity contribution in [3.05, 3.63) is 118 Å². The van der Waals surface area contributed by atoms with Crippen LogP contribution in [0.4, 0.5) is 4.39 Å². The SMILES string of the molecule is C=CCCCCCCN1CN(C)C(=O)c2c(OCc3ccccc3)c(=O)c(C(=O)NCc3ccc(F)cc3OCCC=C)cn21. The molecule has 0 aliphatic carbocycles. The van der Waals surface area contributed by atoms with Gasteiger partial charge in [-0.2, -0.15) is 0 Å². The molecule has 1 aromatic heterocycles. The second-order valence-electron chi connectivity index (χ2n) is 10.9. The molecule has 3 aromatic rings. The van der Waals surface area contributed by atoms with Crippen LogP contribution in [0.1, 0.15) is 70.5 Å². The molecule has 2 aromatic carbocycles. The van der Waals surface area contributed by atoms with Crippen molar-refractivity contribution in [1.29, 1.82) is 0 Å². The summed E-state index contributed by atoms with van der Waals surface area (Å²) < 4.78 is 27.3. The highest BCUT2D eigenvalue weighted by Gasteiger charge is 2.33. The van der Waals surface area contributed by atoms with E-state index in [0.29, 0.717) is 30.9 Å². The summed E-state index contributed by atoms with van der Waals surface area (Å²) in [6, 6.07) is 13.3. The van der Waals surface area contributed by atoms with E-state index in [1.54, 1.807) is 17.8 Å². The molecular weight excluding hydrogens is 575 g/mol. The minimum Gasteiger partial charge on any atom is -0.493 e. The fraction of sp³-hybridized carbons (Fsp3) is 0.343. The summed E-state index contributed by atoms with van der Waals surface area (Å²) in [5, 5.41) is 4.70. The number of carbonyl (C=O) groups is 2. The smallest absolute Gasteiger partial charge is 0.277 e. The van der Waals surface area contributed by atoms with Crippen LogP contribution in [-0.4, -0.2) is 48.3 Å². The normalized spacial score (nSPS) is 12.4. The second kappa shape index (κ2) is 16.3. The van der Waals surface area contributed by atoms with E-state index in [-0.39, 0.29) is 42.7 Å². The maximum atomic E-state index is 13.9. The Bertz CT molecular complexity index is 1560. The molecule has 0 saturated heterocycles. The molecular formula is C35H41FN4O5. The third-order valence-electron chi connectivity index (χ3n) is 7.47. The molecule has 10 heteroatoms. The summed E-state index contributed by atoms with van der Waals surface area (Å²) >= 11 is 0. The molecule has 0 atom stereocenters. The van der Waals surface area contributed by atoms with E-state index in [2.05, 4.69) is 18.5 Å². The molecule has 0 radical (unpaired) electrons. The molecule has 4 rings (SSSR count). The van der Waals surface area contributed by atoms with Crippen LogP contribution in [0.3, 0.4) is 0 Å². The number of ether oxygens (including phenoxy) is 2. The van der Waals surface area contributed by atoms with Gasteiger partial charge in [0, 0.05) is 38.0 Å². The summed E-state index contributed by atoms with van der Waals surface area (Å²) in [4.78, 5) is 42.4. The van der Waals surface area contributed by atoms with Crippen LogP contribution in [0.5, 0.6) is 11.5 Å². The van der Waals surface area contributed by atoms with Gasteiger partial charge in [0.2, 0.25) is 5.43 Å². The van der Waals surface area contributed by atoms with Crippen molar-refractivity contribution in [2.75, 3.05) is 31.9 Å². The Morgan fingerprint density at radius 1 is 1.00 bits per heavy atom. The molecule has 2 heterocycles. The van der Waals surface area contributed by atoms with Gasteiger partial charge in [0.1, 0.15) is 30.4 Å². The number of benzene rings is 2. The number of halogens is 1. The first-order valence-corrected chi connectivity index (χ1v) is 15.2. The summed E-state index contributed by atoms with van der Waals surface area (Å²) in [5.41, 5.74) is 0.557. The summed E-state index contributed by atoms with van der Waals surface area (Å²) in [5.74, 6) is -1.40. The van der Waals surface area contributed by atoms with Crippen molar-refractivity contribution in [2.45, 2.75) is 51.7 Å². The third-order valence-corrected chi connectivity index (χ3v) is 7.47. The molecule has 1 N–H and O–H groups in total. The number of hydrogen-bond acceptors (Lipinski definition) is 6. The Labute approximate surface area is 263 Å². The number of nitrogens with one attached hydrogen (secondary N) is 1. The molecule has 0 fully saturated rings. The maximum absolute atomic E-state index is 13.9. The van der Waals surface area contributed by atoms with Gasteiger partial charge in [0.05, 0.1) is 6.61 Å². The Morgan fingerprint density at radius 2 is 1.76 bits per heavy atom. The lowest BCUT2D eigenvalue weighted by molar-refractivity contribution is 0.0727. The van der Waals surface area contributed by atoms with Gasteiger partial charge in [0.25, 0.3) is 11.8 Å². The average molecular weight is 617 g/mol. The first kappa shape index (κ1) is 33.0. The number of carbonyl (C=O) groups excluding carboxylic acids is 2. The highest BCUT2D eigenvalue weighted by molar-refractivity contribution is 5.99. The molecule has 0 bridgehead atoms. The number of unbranched alkanes of at least 4 members (excludes halogenated alkanes) is 4. The standard InChI is InChI=1S/C35H41FN4O5/c1-4-6-8-9-10-14-19-39-25-38(3)35(43)31-33(45-24-26-15-12-11-13-16-26)32(41)29(23-40(31)39)34(42)37-22-27-17-18-28(36)21-30(27)44-20-7-5-2/h4-5,11-13,15-18,21,23H,1-2,6-10,14,19-20,22,24-25H2,3H3,(H,37,42). The van der Waals surface area contributed by atoms with Crippen LogP contribution in [-0.2, 0) is 13.2 Å². The fourth-order valence-electron chi connectivity index (χ4n) is 5.03. The lowest BCUT2D eigenvalue weighted by atomic mass is 10.1. The number of aromatic nitrogens is 1. The van der Waals surface area contributed by atoms with Crippen molar-refractivity contribution in [3.63, 3.8) is 0 Å². The van der Waals surface area contributed by atoms with Crippen LogP contribution in [0.25, 0.3) is 0 Å². The monoisotopic (exact) mass is 616 g/mol. The van der Waals surface area contributed by atoms with Crippen molar-refractivity contribution >= 4 is 11.8 Å². The van der Waals surface area contributed by atoms with E-state index in [1.807, 2.05) is 41.4 Å². The van der Waals surface area contributed by atoms with Crippen LogP contribution in [0.2, 0.25) is 0 Å². The molecule has 238 valence electrons. The number of nitrogens with zero attached hydrogens (tertiary/aromatic N) is 3. The van der Waals surface area contributed by atoms with Crippen molar-refractivity contribution in [2.24, 2.45) is 0 Å². The molecule has 0 unspecified atom stereocenters. The second-order valence-corrected chi connectivity index (χ2v) is 10.9. The fourth-order valence-corrected chi connectivity index (χ4v) is 5.03. The Balaban J connectivity index is 1.65. The summed E-state index contributed by atoms with van der Waals surface area (Å²) in [7, 11) is 1.67. The first-order valence-electron chi connectivity index (χ1n) is 15.2. The summed E-state index contributed by atoms with van der Waals surface area (Å²) in [6.07, 6.45) is 10.5. The van der Waals surface area contributed by atoms with Crippen molar-refractivity contribution < 1.29 is 23.5 Å². The topological polar surface area (TPSA) is 93.1 Å².